The van der Waals surface area contributed by atoms with Gasteiger partial charge in [0.1, 0.15) is 23.5 Å². The second kappa shape index (κ2) is 6.55. The first-order valence-corrected chi connectivity index (χ1v) is 9.81. The van der Waals surface area contributed by atoms with Gasteiger partial charge in [-0.05, 0) is 17.7 Å². The predicted octanol–water partition coefficient (Wildman–Crippen LogP) is 3.14. The molecule has 4 rings (SSSR count). The number of hydrogen-bond acceptors (Lipinski definition) is 5. The molecule has 0 radical (unpaired) electrons. The van der Waals surface area contributed by atoms with Gasteiger partial charge < -0.3 is 4.57 Å². The molecule has 0 unspecified atom stereocenters. The van der Waals surface area contributed by atoms with Gasteiger partial charge in [-0.1, -0.05) is 42.5 Å². The van der Waals surface area contributed by atoms with E-state index in [1.807, 2.05) is 6.07 Å². The van der Waals surface area contributed by atoms with Gasteiger partial charge in [-0.3, -0.25) is 0 Å². The number of imidazole rings is 1. The summed E-state index contributed by atoms with van der Waals surface area (Å²) >= 11 is 0. The maximum atomic E-state index is 13.6. The van der Waals surface area contributed by atoms with Gasteiger partial charge in [0.25, 0.3) is 0 Å². The van der Waals surface area contributed by atoms with E-state index < -0.39 is 15.7 Å². The summed E-state index contributed by atoms with van der Waals surface area (Å²) in [5.74, 6) is -0.163. The van der Waals surface area contributed by atoms with Crippen LogP contribution in [0.15, 0.2) is 66.0 Å². The minimum Gasteiger partial charge on any atom is -0.323 e. The van der Waals surface area contributed by atoms with Gasteiger partial charge in [0.05, 0.1) is 5.75 Å². The number of aromatic nitrogens is 4. The molecular formula is C19H15FN4O2S. The lowest BCUT2D eigenvalue weighted by Gasteiger charge is -2.07. The normalized spacial score (nSPS) is 11.8. The molecule has 0 spiro atoms. The van der Waals surface area contributed by atoms with Crippen LogP contribution in [0.2, 0.25) is 0 Å². The van der Waals surface area contributed by atoms with Gasteiger partial charge in [-0.2, -0.15) is 0 Å². The van der Waals surface area contributed by atoms with Crippen LogP contribution >= 0.6 is 0 Å². The number of rotatable bonds is 4. The summed E-state index contributed by atoms with van der Waals surface area (Å²) in [5, 5.41) is -0.0889. The first kappa shape index (κ1) is 17.3. The van der Waals surface area contributed by atoms with E-state index in [0.717, 1.165) is 0 Å². The Morgan fingerprint density at radius 3 is 2.56 bits per heavy atom. The lowest BCUT2D eigenvalue weighted by atomic mass is 10.2. The van der Waals surface area contributed by atoms with E-state index in [1.165, 1.54) is 18.5 Å². The van der Waals surface area contributed by atoms with Crippen molar-refractivity contribution in [1.82, 2.24) is 19.5 Å². The number of nitrogens with zero attached hydrogens (tertiary/aromatic N) is 4. The van der Waals surface area contributed by atoms with Gasteiger partial charge >= 0.3 is 0 Å². The number of sulfone groups is 1. The molecule has 0 atom stereocenters. The first-order valence-electron chi connectivity index (χ1n) is 8.16. The average molecular weight is 382 g/mol. The standard InChI is InChI=1S/C19H15FN4O2S/c1-24-16-17(23-18(24)14-8-5-9-15(20)10-14)21-12-22-19(16)27(25,26)11-13-6-3-2-4-7-13/h2-10,12H,11H2,1H3. The van der Waals surface area contributed by atoms with Crippen LogP contribution in [0.1, 0.15) is 5.56 Å². The van der Waals surface area contributed by atoms with Crippen molar-refractivity contribution in [1.29, 1.82) is 0 Å². The van der Waals surface area contributed by atoms with E-state index in [9.17, 15) is 12.8 Å². The van der Waals surface area contributed by atoms with E-state index in [1.54, 1.807) is 48.0 Å². The van der Waals surface area contributed by atoms with Crippen LogP contribution in [0, 0.1) is 5.82 Å². The van der Waals surface area contributed by atoms with Gasteiger partial charge in [-0.25, -0.2) is 27.8 Å². The fourth-order valence-corrected chi connectivity index (χ4v) is 4.48. The molecule has 0 aliphatic carbocycles. The highest BCUT2D eigenvalue weighted by Crippen LogP contribution is 2.27. The van der Waals surface area contributed by atoms with E-state index in [2.05, 4.69) is 15.0 Å². The summed E-state index contributed by atoms with van der Waals surface area (Å²) in [4.78, 5) is 12.5. The molecule has 4 aromatic rings. The Hall–Kier alpha value is -3.13. The zero-order valence-corrected chi connectivity index (χ0v) is 15.2. The number of benzene rings is 2. The SMILES string of the molecule is Cn1c(-c2cccc(F)c2)nc2ncnc(S(=O)(=O)Cc3ccccc3)c21. The van der Waals surface area contributed by atoms with Crippen LogP contribution < -0.4 is 0 Å². The maximum Gasteiger partial charge on any atom is 0.202 e. The zero-order chi connectivity index (χ0) is 19.0. The third-order valence-corrected chi connectivity index (χ3v) is 5.81. The smallest absolute Gasteiger partial charge is 0.202 e. The second-order valence-corrected chi connectivity index (χ2v) is 8.01. The largest absolute Gasteiger partial charge is 0.323 e. The minimum atomic E-state index is -3.73. The molecule has 0 aliphatic rings. The maximum absolute atomic E-state index is 13.6. The fourth-order valence-electron chi connectivity index (χ4n) is 2.99. The molecule has 0 fully saturated rings. The number of hydrogen-bond donors (Lipinski definition) is 0. The third kappa shape index (κ3) is 3.19. The van der Waals surface area contributed by atoms with E-state index in [0.29, 0.717) is 22.5 Å². The second-order valence-electron chi connectivity index (χ2n) is 6.10. The number of fused-ring (bicyclic) bond motifs is 1. The quantitative estimate of drug-likeness (QED) is 0.507. The van der Waals surface area contributed by atoms with Crippen molar-refractivity contribution in [3.05, 3.63) is 72.3 Å². The zero-order valence-electron chi connectivity index (χ0n) is 14.4. The van der Waals surface area contributed by atoms with Crippen LogP contribution in [0.3, 0.4) is 0 Å². The Morgan fingerprint density at radius 1 is 1.04 bits per heavy atom. The monoisotopic (exact) mass is 382 g/mol. The van der Waals surface area contributed by atoms with E-state index in [-0.39, 0.29) is 16.4 Å². The van der Waals surface area contributed by atoms with Crippen LogP contribution in [-0.2, 0) is 22.6 Å². The van der Waals surface area contributed by atoms with Crippen LogP contribution in [0.4, 0.5) is 4.39 Å². The molecule has 0 N–H and O–H groups in total. The molecular weight excluding hydrogens is 367 g/mol. The highest BCUT2D eigenvalue weighted by atomic mass is 32.2. The lowest BCUT2D eigenvalue weighted by molar-refractivity contribution is 0.592. The molecule has 0 bridgehead atoms. The molecule has 2 aromatic heterocycles. The Bertz CT molecular complexity index is 1240. The summed E-state index contributed by atoms with van der Waals surface area (Å²) in [7, 11) is -2.06. The Balaban J connectivity index is 1.87. The highest BCUT2D eigenvalue weighted by Gasteiger charge is 2.25. The summed E-state index contributed by atoms with van der Waals surface area (Å²) in [6.07, 6.45) is 1.18. The summed E-state index contributed by atoms with van der Waals surface area (Å²) in [5.41, 5.74) is 1.74. The highest BCUT2D eigenvalue weighted by molar-refractivity contribution is 7.90. The molecule has 0 saturated carbocycles. The fraction of sp³-hybridized carbons (Fsp3) is 0.105. The molecule has 136 valence electrons. The molecule has 0 amide bonds. The number of halogens is 1. The van der Waals surface area contributed by atoms with Crippen LogP contribution in [0.25, 0.3) is 22.6 Å². The van der Waals surface area contributed by atoms with Gasteiger partial charge in [0, 0.05) is 12.6 Å². The van der Waals surface area contributed by atoms with Crippen molar-refractivity contribution in [3.8, 4) is 11.4 Å². The van der Waals surface area contributed by atoms with Gasteiger partial charge in [-0.15, -0.1) is 0 Å². The van der Waals surface area contributed by atoms with Gasteiger partial charge in [0.15, 0.2) is 10.7 Å². The summed E-state index contributed by atoms with van der Waals surface area (Å²) < 4.78 is 41.1. The van der Waals surface area contributed by atoms with Crippen molar-refractivity contribution < 1.29 is 12.8 Å². The summed E-state index contributed by atoms with van der Waals surface area (Å²) in [6, 6.07) is 14.8. The van der Waals surface area contributed by atoms with Crippen LogP contribution in [-0.4, -0.2) is 27.9 Å². The predicted molar refractivity (Wildman–Crippen MR) is 99.0 cm³/mol. The van der Waals surface area contributed by atoms with E-state index >= 15 is 0 Å². The molecule has 27 heavy (non-hydrogen) atoms. The van der Waals surface area contributed by atoms with Gasteiger partial charge in [0.2, 0.25) is 9.84 Å². The molecule has 8 heteroatoms. The van der Waals surface area contributed by atoms with Crippen molar-refractivity contribution in [2.75, 3.05) is 0 Å². The van der Waals surface area contributed by atoms with Crippen molar-refractivity contribution in [3.63, 3.8) is 0 Å². The Morgan fingerprint density at radius 2 is 1.81 bits per heavy atom. The lowest BCUT2D eigenvalue weighted by Crippen LogP contribution is -2.10. The van der Waals surface area contributed by atoms with Crippen LogP contribution in [0.5, 0.6) is 0 Å². The topological polar surface area (TPSA) is 77.7 Å². The minimum absolute atomic E-state index is 0.0889. The molecule has 6 nitrogen and oxygen atoms in total. The molecule has 2 heterocycles. The Kier molecular flexibility index (Phi) is 4.19. The Labute approximate surface area is 155 Å². The first-order chi connectivity index (χ1) is 13.0. The van der Waals surface area contributed by atoms with Crippen molar-refractivity contribution in [2.24, 2.45) is 7.05 Å². The molecule has 2 aromatic carbocycles. The molecule has 0 aliphatic heterocycles. The van der Waals surface area contributed by atoms with Crippen molar-refractivity contribution >= 4 is 21.0 Å². The average Bonchev–Trinajstić information content (AvgIpc) is 2.99. The van der Waals surface area contributed by atoms with E-state index in [4.69, 9.17) is 0 Å². The third-order valence-electron chi connectivity index (χ3n) is 4.21. The number of aryl methyl sites for hydroxylation is 1. The van der Waals surface area contributed by atoms with Crippen molar-refractivity contribution in [2.45, 2.75) is 10.8 Å². The molecule has 0 saturated heterocycles. The summed E-state index contributed by atoms with van der Waals surface area (Å²) in [6.45, 7) is 0.